The van der Waals surface area contributed by atoms with Crippen LogP contribution in [0.4, 0.5) is 0 Å². The summed E-state index contributed by atoms with van der Waals surface area (Å²) in [6.45, 7) is 0. The van der Waals surface area contributed by atoms with Gasteiger partial charge in [0.25, 0.3) is 0 Å². The molecular formula is C10H20BNO4. The van der Waals surface area contributed by atoms with E-state index in [1.165, 1.54) is 0 Å². The molecular weight excluding hydrogens is 209 g/mol. The van der Waals surface area contributed by atoms with Gasteiger partial charge in [-0.1, -0.05) is 12.8 Å². The number of likely N-dealkylation sites (N-methyl/N-ethyl adjacent to an activating group) is 1. The summed E-state index contributed by atoms with van der Waals surface area (Å²) in [7, 11) is 0.406. The molecule has 1 rings (SSSR count). The lowest BCUT2D eigenvalue weighted by atomic mass is 9.78. The van der Waals surface area contributed by atoms with Gasteiger partial charge in [-0.3, -0.25) is 4.79 Å². The molecule has 1 aliphatic carbocycles. The Bertz CT molecular complexity index is 249. The predicted molar refractivity (Wildman–Crippen MR) is 61.0 cm³/mol. The molecule has 1 saturated carbocycles. The van der Waals surface area contributed by atoms with Crippen molar-refractivity contribution < 1.29 is 19.9 Å². The maximum atomic E-state index is 11.3. The number of carboxylic acids is 1. The fraction of sp³-hybridized carbons (Fsp3) is 0.900. The smallest absolute Gasteiger partial charge is 0.451 e. The highest BCUT2D eigenvalue weighted by molar-refractivity contribution is 6.40. The lowest BCUT2D eigenvalue weighted by Gasteiger charge is -2.31. The van der Waals surface area contributed by atoms with Crippen LogP contribution in [-0.4, -0.2) is 40.8 Å². The first kappa shape index (κ1) is 13.5. The van der Waals surface area contributed by atoms with Crippen LogP contribution >= 0.6 is 0 Å². The summed E-state index contributed by atoms with van der Waals surface area (Å²) in [5.74, 6) is -0.698. The van der Waals surface area contributed by atoms with E-state index in [1.807, 2.05) is 0 Å². The molecule has 0 unspecified atom stereocenters. The van der Waals surface area contributed by atoms with Crippen molar-refractivity contribution in [1.82, 2.24) is 5.32 Å². The van der Waals surface area contributed by atoms with Gasteiger partial charge in [0.15, 0.2) is 0 Å². The fourth-order valence-electron chi connectivity index (χ4n) is 2.73. The number of hydrogen-bond acceptors (Lipinski definition) is 4. The average Bonchev–Trinajstić information content (AvgIpc) is 2.61. The van der Waals surface area contributed by atoms with E-state index in [-0.39, 0.29) is 5.92 Å². The summed E-state index contributed by atoms with van der Waals surface area (Å²) in [6, 6.07) is 0. The molecule has 1 aliphatic rings. The van der Waals surface area contributed by atoms with E-state index >= 15 is 0 Å². The highest BCUT2D eigenvalue weighted by atomic mass is 16.4. The second-order valence-electron chi connectivity index (χ2n) is 4.53. The van der Waals surface area contributed by atoms with Crippen molar-refractivity contribution in [2.45, 2.75) is 44.0 Å². The highest BCUT2D eigenvalue weighted by Crippen LogP contribution is 2.38. The van der Waals surface area contributed by atoms with E-state index in [9.17, 15) is 9.90 Å². The van der Waals surface area contributed by atoms with E-state index in [2.05, 4.69) is 5.32 Å². The van der Waals surface area contributed by atoms with Crippen molar-refractivity contribution in [2.24, 2.45) is 5.92 Å². The van der Waals surface area contributed by atoms with Crippen molar-refractivity contribution in [2.75, 3.05) is 7.05 Å². The van der Waals surface area contributed by atoms with Gasteiger partial charge in [-0.15, -0.1) is 0 Å². The van der Waals surface area contributed by atoms with Gasteiger partial charge in [-0.25, -0.2) is 0 Å². The van der Waals surface area contributed by atoms with E-state index in [0.717, 1.165) is 19.3 Å². The summed E-state index contributed by atoms with van der Waals surface area (Å²) >= 11 is 0. The molecule has 4 N–H and O–H groups in total. The molecule has 16 heavy (non-hydrogen) atoms. The Kier molecular flexibility index (Phi) is 4.77. The minimum atomic E-state index is -1.28. The molecule has 1 fully saturated rings. The molecule has 92 valence electrons. The van der Waals surface area contributed by atoms with Crippen LogP contribution in [0.2, 0.25) is 6.32 Å². The quantitative estimate of drug-likeness (QED) is 0.484. The zero-order valence-corrected chi connectivity index (χ0v) is 9.65. The van der Waals surface area contributed by atoms with Gasteiger partial charge in [0.05, 0.1) is 0 Å². The summed E-state index contributed by atoms with van der Waals surface area (Å²) in [5.41, 5.74) is -0.805. The van der Waals surface area contributed by atoms with Gasteiger partial charge < -0.3 is 20.5 Å². The largest absolute Gasteiger partial charge is 0.480 e. The van der Waals surface area contributed by atoms with Crippen molar-refractivity contribution in [3.63, 3.8) is 0 Å². The van der Waals surface area contributed by atoms with Crippen LogP contribution < -0.4 is 5.32 Å². The van der Waals surface area contributed by atoms with Gasteiger partial charge >= 0.3 is 13.1 Å². The van der Waals surface area contributed by atoms with Crippen LogP contribution in [0, 0.1) is 5.92 Å². The van der Waals surface area contributed by atoms with E-state index in [4.69, 9.17) is 10.0 Å². The zero-order chi connectivity index (χ0) is 12.2. The molecule has 0 radical (unpaired) electrons. The monoisotopic (exact) mass is 229 g/mol. The summed E-state index contributed by atoms with van der Waals surface area (Å²) in [4.78, 5) is 11.3. The topological polar surface area (TPSA) is 89.8 Å². The molecule has 0 heterocycles. The number of aliphatic carboxylic acids is 1. The molecule has 5 nitrogen and oxygen atoms in total. The maximum absolute atomic E-state index is 11.3. The number of carboxylic acid groups (broad SMARTS) is 1. The number of hydrogen-bond donors (Lipinski definition) is 4. The van der Waals surface area contributed by atoms with Gasteiger partial charge in [0.1, 0.15) is 5.54 Å². The minimum Gasteiger partial charge on any atom is -0.480 e. The molecule has 0 spiro atoms. The van der Waals surface area contributed by atoms with E-state index in [0.29, 0.717) is 19.2 Å². The molecule has 0 aromatic carbocycles. The second kappa shape index (κ2) is 5.66. The van der Waals surface area contributed by atoms with Crippen molar-refractivity contribution in [3.05, 3.63) is 0 Å². The lowest BCUT2D eigenvalue weighted by molar-refractivity contribution is -0.146. The number of nitrogens with one attached hydrogen (secondary N) is 1. The van der Waals surface area contributed by atoms with Crippen LogP contribution in [0.25, 0.3) is 0 Å². The molecule has 0 aromatic heterocycles. The highest BCUT2D eigenvalue weighted by Gasteiger charge is 2.47. The van der Waals surface area contributed by atoms with Gasteiger partial charge in [-0.2, -0.15) is 0 Å². The zero-order valence-electron chi connectivity index (χ0n) is 9.65. The molecule has 0 bridgehead atoms. The van der Waals surface area contributed by atoms with Gasteiger partial charge in [0.2, 0.25) is 0 Å². The second-order valence-corrected chi connectivity index (χ2v) is 4.53. The van der Waals surface area contributed by atoms with Crippen LogP contribution in [0.3, 0.4) is 0 Å². The third-order valence-electron chi connectivity index (χ3n) is 3.66. The summed E-state index contributed by atoms with van der Waals surface area (Å²) < 4.78 is 0. The first-order chi connectivity index (χ1) is 7.53. The number of carbonyl (C=O) groups is 1. The maximum Gasteiger partial charge on any atom is 0.451 e. The van der Waals surface area contributed by atoms with Crippen molar-refractivity contribution in [1.29, 1.82) is 0 Å². The van der Waals surface area contributed by atoms with Gasteiger partial charge in [-0.05, 0) is 38.5 Å². The Balaban J connectivity index is 2.54. The van der Waals surface area contributed by atoms with Crippen LogP contribution in [-0.2, 0) is 4.79 Å². The van der Waals surface area contributed by atoms with Gasteiger partial charge in [0, 0.05) is 0 Å². The molecule has 0 amide bonds. The van der Waals surface area contributed by atoms with Crippen molar-refractivity contribution >= 4 is 13.1 Å². The lowest BCUT2D eigenvalue weighted by Crippen LogP contribution is -2.53. The van der Waals surface area contributed by atoms with Crippen LogP contribution in [0.5, 0.6) is 0 Å². The Morgan fingerprint density at radius 2 is 2.25 bits per heavy atom. The Hall–Kier alpha value is -0.585. The molecule has 0 aromatic rings. The predicted octanol–water partition coefficient (Wildman–Crippen LogP) is 0.0823. The standard InChI is InChI=1S/C10H20BNO4/c1-12-10(9(13)14)6-2-4-8(10)5-3-7-11(15)16/h8,12,15-16H,2-7H2,1H3,(H,13,14)/t8-,10+/m1/s1. The summed E-state index contributed by atoms with van der Waals surface area (Å²) in [5, 5.41) is 29.7. The van der Waals surface area contributed by atoms with E-state index in [1.54, 1.807) is 7.05 Å². The third kappa shape index (κ3) is 2.75. The minimum absolute atomic E-state index is 0.0914. The Morgan fingerprint density at radius 3 is 2.75 bits per heavy atom. The van der Waals surface area contributed by atoms with E-state index < -0.39 is 18.6 Å². The third-order valence-corrected chi connectivity index (χ3v) is 3.66. The molecule has 0 aliphatic heterocycles. The Morgan fingerprint density at radius 1 is 1.56 bits per heavy atom. The summed E-state index contributed by atoms with van der Waals surface area (Å²) in [6.07, 6.45) is 4.17. The first-order valence-electron chi connectivity index (χ1n) is 5.81. The normalized spacial score (nSPS) is 29.3. The number of rotatable bonds is 6. The first-order valence-corrected chi connectivity index (χ1v) is 5.81. The SMILES string of the molecule is CN[C@@]1(C(=O)O)CCC[C@@H]1CCCB(O)O. The van der Waals surface area contributed by atoms with Crippen LogP contribution in [0.1, 0.15) is 32.1 Å². The molecule has 0 saturated heterocycles. The van der Waals surface area contributed by atoms with Crippen molar-refractivity contribution in [3.8, 4) is 0 Å². The Labute approximate surface area is 96.0 Å². The average molecular weight is 229 g/mol. The fourth-order valence-corrected chi connectivity index (χ4v) is 2.73. The molecule has 2 atom stereocenters. The molecule has 6 heteroatoms. The van der Waals surface area contributed by atoms with Crippen LogP contribution in [0.15, 0.2) is 0 Å².